The summed E-state index contributed by atoms with van der Waals surface area (Å²) in [6.07, 6.45) is -0.0448. The lowest BCUT2D eigenvalue weighted by Gasteiger charge is -2.27. The van der Waals surface area contributed by atoms with E-state index in [2.05, 4.69) is 67.3 Å². The lowest BCUT2D eigenvalue weighted by atomic mass is 10.1. The molecule has 3 nitrogen and oxygen atoms in total. The summed E-state index contributed by atoms with van der Waals surface area (Å²) in [7, 11) is 1.74. The van der Waals surface area contributed by atoms with Gasteiger partial charge in [-0.05, 0) is 49.2 Å². The average Bonchev–Trinajstić information content (AvgIpc) is 2.75. The minimum absolute atomic E-state index is 0.0448. The van der Waals surface area contributed by atoms with Gasteiger partial charge in [0.25, 0.3) is 0 Å². The quantitative estimate of drug-likeness (QED) is 0.396. The Bertz CT molecular complexity index is 844. The minimum Gasteiger partial charge on any atom is -0.491 e. The van der Waals surface area contributed by atoms with Gasteiger partial charge in [0.1, 0.15) is 18.5 Å². The number of nitrogens with zero attached hydrogens (tertiary/aromatic N) is 1. The number of benzene rings is 3. The molecule has 1 unspecified atom stereocenters. The molecule has 1 atom stereocenters. The third kappa shape index (κ3) is 7.17. The van der Waals surface area contributed by atoms with Gasteiger partial charge in [-0.2, -0.15) is 0 Å². The lowest BCUT2D eigenvalue weighted by molar-refractivity contribution is 0.0253. The molecular weight excluding hydrogens is 394 g/mol. The van der Waals surface area contributed by atoms with Crippen molar-refractivity contribution in [2.45, 2.75) is 33.0 Å². The Labute approximate surface area is 185 Å². The maximum absolute atomic E-state index is 5.96. The van der Waals surface area contributed by atoms with Crippen LogP contribution in [0.5, 0.6) is 5.75 Å². The van der Waals surface area contributed by atoms with Crippen LogP contribution in [-0.2, 0) is 17.8 Å². The topological polar surface area (TPSA) is 21.7 Å². The number of halogens is 1. The number of rotatable bonds is 10. The number of hydrogen-bond donors (Lipinski definition) is 0. The number of ether oxygens (including phenoxy) is 2. The maximum atomic E-state index is 5.96. The molecule has 30 heavy (non-hydrogen) atoms. The zero-order valence-electron chi connectivity index (χ0n) is 18.0. The van der Waals surface area contributed by atoms with Crippen molar-refractivity contribution in [1.29, 1.82) is 0 Å². The fourth-order valence-corrected chi connectivity index (χ4v) is 3.42. The standard InChI is InChI=1S/C26H30ClNO2/c1-20-4-8-22(9-5-20)16-28(17-23-10-6-21(2)7-11-23)18-26(29-3)19-30-25-14-12-24(27)13-15-25/h4-15,26H,16-19H2,1-3H3. The van der Waals surface area contributed by atoms with Crippen molar-refractivity contribution in [1.82, 2.24) is 4.90 Å². The SMILES string of the molecule is COC(COc1ccc(Cl)cc1)CN(Cc1ccc(C)cc1)Cc1ccc(C)cc1. The average molecular weight is 424 g/mol. The van der Waals surface area contributed by atoms with E-state index in [1.165, 1.54) is 22.3 Å². The van der Waals surface area contributed by atoms with Crippen LogP contribution in [0, 0.1) is 13.8 Å². The second kappa shape index (κ2) is 11.2. The molecule has 0 fully saturated rings. The van der Waals surface area contributed by atoms with Crippen molar-refractivity contribution < 1.29 is 9.47 Å². The van der Waals surface area contributed by atoms with Gasteiger partial charge in [0.05, 0.1) is 0 Å². The summed E-state index contributed by atoms with van der Waals surface area (Å²) in [5.74, 6) is 0.796. The summed E-state index contributed by atoms with van der Waals surface area (Å²) < 4.78 is 11.7. The van der Waals surface area contributed by atoms with E-state index in [1.807, 2.05) is 24.3 Å². The smallest absolute Gasteiger partial charge is 0.119 e. The van der Waals surface area contributed by atoms with E-state index in [0.717, 1.165) is 25.4 Å². The van der Waals surface area contributed by atoms with Crippen LogP contribution in [0.25, 0.3) is 0 Å². The monoisotopic (exact) mass is 423 g/mol. The highest BCUT2D eigenvalue weighted by molar-refractivity contribution is 6.30. The Morgan fingerprint density at radius 2 is 1.27 bits per heavy atom. The summed E-state index contributed by atoms with van der Waals surface area (Å²) in [5.41, 5.74) is 5.13. The van der Waals surface area contributed by atoms with Gasteiger partial charge in [-0.25, -0.2) is 0 Å². The molecule has 3 rings (SSSR count). The van der Waals surface area contributed by atoms with Gasteiger partial charge in [-0.1, -0.05) is 71.3 Å². The molecule has 0 aliphatic heterocycles. The number of hydrogen-bond acceptors (Lipinski definition) is 3. The molecule has 0 aliphatic carbocycles. The van der Waals surface area contributed by atoms with Crippen LogP contribution in [0.3, 0.4) is 0 Å². The van der Waals surface area contributed by atoms with Crippen LogP contribution in [-0.4, -0.2) is 31.3 Å². The maximum Gasteiger partial charge on any atom is 0.119 e. The van der Waals surface area contributed by atoms with E-state index in [0.29, 0.717) is 11.6 Å². The zero-order valence-corrected chi connectivity index (χ0v) is 18.7. The van der Waals surface area contributed by atoms with Crippen LogP contribution >= 0.6 is 11.6 Å². The van der Waals surface area contributed by atoms with Crippen LogP contribution < -0.4 is 4.74 Å². The molecule has 0 N–H and O–H groups in total. The molecule has 4 heteroatoms. The second-order valence-corrected chi connectivity index (χ2v) is 8.20. The summed E-state index contributed by atoms with van der Waals surface area (Å²) in [4.78, 5) is 2.41. The fourth-order valence-electron chi connectivity index (χ4n) is 3.29. The Hall–Kier alpha value is -2.33. The highest BCUT2D eigenvalue weighted by Gasteiger charge is 2.16. The summed E-state index contributed by atoms with van der Waals surface area (Å²) in [5, 5.41) is 0.702. The Kier molecular flexibility index (Phi) is 8.32. The van der Waals surface area contributed by atoms with E-state index < -0.39 is 0 Å². The van der Waals surface area contributed by atoms with Gasteiger partial charge in [-0.15, -0.1) is 0 Å². The first-order chi connectivity index (χ1) is 14.5. The lowest BCUT2D eigenvalue weighted by Crippen LogP contribution is -2.36. The first kappa shape index (κ1) is 22.4. The molecule has 0 saturated carbocycles. The fraction of sp³-hybridized carbons (Fsp3) is 0.308. The second-order valence-electron chi connectivity index (χ2n) is 7.76. The molecule has 0 amide bonds. The van der Waals surface area contributed by atoms with Crippen molar-refractivity contribution in [3.63, 3.8) is 0 Å². The number of aryl methyl sites for hydroxylation is 2. The highest BCUT2D eigenvalue weighted by atomic mass is 35.5. The first-order valence-electron chi connectivity index (χ1n) is 10.3. The molecule has 0 bridgehead atoms. The Morgan fingerprint density at radius 3 is 1.73 bits per heavy atom. The molecule has 3 aromatic carbocycles. The van der Waals surface area contributed by atoms with Gasteiger partial charge < -0.3 is 9.47 Å². The van der Waals surface area contributed by atoms with Crippen molar-refractivity contribution in [3.8, 4) is 5.75 Å². The molecular formula is C26H30ClNO2. The summed E-state index contributed by atoms with van der Waals surface area (Å²) >= 11 is 5.96. The van der Waals surface area contributed by atoms with Crippen LogP contribution in [0.4, 0.5) is 0 Å². The largest absolute Gasteiger partial charge is 0.491 e. The van der Waals surface area contributed by atoms with Crippen LogP contribution in [0.15, 0.2) is 72.8 Å². The van der Waals surface area contributed by atoms with E-state index >= 15 is 0 Å². The van der Waals surface area contributed by atoms with Gasteiger partial charge in [-0.3, -0.25) is 4.90 Å². The molecule has 0 saturated heterocycles. The van der Waals surface area contributed by atoms with Crippen molar-refractivity contribution in [2.75, 3.05) is 20.3 Å². The molecule has 158 valence electrons. The van der Waals surface area contributed by atoms with Gasteiger partial charge >= 0.3 is 0 Å². The van der Waals surface area contributed by atoms with E-state index in [9.17, 15) is 0 Å². The molecule has 0 spiro atoms. The van der Waals surface area contributed by atoms with E-state index in [1.54, 1.807) is 7.11 Å². The summed E-state index contributed by atoms with van der Waals surface area (Å²) in [6.45, 7) is 7.19. The van der Waals surface area contributed by atoms with E-state index in [4.69, 9.17) is 21.1 Å². The number of methoxy groups -OCH3 is 1. The molecule has 0 heterocycles. The third-order valence-corrected chi connectivity index (χ3v) is 5.35. The Morgan fingerprint density at radius 1 is 0.767 bits per heavy atom. The van der Waals surface area contributed by atoms with Gasteiger partial charge in [0.15, 0.2) is 0 Å². The Balaban J connectivity index is 1.67. The van der Waals surface area contributed by atoms with Gasteiger partial charge in [0, 0.05) is 31.8 Å². The molecule has 0 radical (unpaired) electrons. The van der Waals surface area contributed by atoms with Crippen molar-refractivity contribution in [2.24, 2.45) is 0 Å². The normalized spacial score (nSPS) is 12.2. The van der Waals surface area contributed by atoms with Crippen molar-refractivity contribution >= 4 is 11.6 Å². The van der Waals surface area contributed by atoms with Crippen LogP contribution in [0.2, 0.25) is 5.02 Å². The third-order valence-electron chi connectivity index (χ3n) is 5.10. The molecule has 0 aromatic heterocycles. The van der Waals surface area contributed by atoms with Gasteiger partial charge in [0.2, 0.25) is 0 Å². The summed E-state index contributed by atoms with van der Waals surface area (Å²) in [6, 6.07) is 24.9. The minimum atomic E-state index is -0.0448. The zero-order chi connectivity index (χ0) is 21.3. The molecule has 3 aromatic rings. The van der Waals surface area contributed by atoms with E-state index in [-0.39, 0.29) is 6.10 Å². The predicted octanol–water partition coefficient (Wildman–Crippen LogP) is 6.05. The molecule has 0 aliphatic rings. The predicted molar refractivity (Wildman–Crippen MR) is 124 cm³/mol. The van der Waals surface area contributed by atoms with Crippen molar-refractivity contribution in [3.05, 3.63) is 100 Å². The van der Waals surface area contributed by atoms with Crippen LogP contribution in [0.1, 0.15) is 22.3 Å². The highest BCUT2D eigenvalue weighted by Crippen LogP contribution is 2.17. The first-order valence-corrected chi connectivity index (χ1v) is 10.6.